The van der Waals surface area contributed by atoms with Crippen molar-refractivity contribution in [3.63, 3.8) is 0 Å². The van der Waals surface area contributed by atoms with E-state index in [4.69, 9.17) is 5.11 Å². The van der Waals surface area contributed by atoms with E-state index >= 15 is 0 Å². The summed E-state index contributed by atoms with van der Waals surface area (Å²) in [6, 6.07) is 7.57. The smallest absolute Gasteiger partial charge is 0.305 e. The van der Waals surface area contributed by atoms with Gasteiger partial charge in [0.1, 0.15) is 6.54 Å². The summed E-state index contributed by atoms with van der Waals surface area (Å²) in [4.78, 5) is 37.0. The Morgan fingerprint density at radius 3 is 2.61 bits per heavy atom. The molecule has 0 unspecified atom stereocenters. The molecule has 1 aliphatic heterocycles. The number of aliphatic carboxylic acids is 1. The van der Waals surface area contributed by atoms with E-state index in [0.29, 0.717) is 25.7 Å². The van der Waals surface area contributed by atoms with E-state index in [-0.39, 0.29) is 24.8 Å². The van der Waals surface area contributed by atoms with Crippen LogP contribution in [0.25, 0.3) is 0 Å². The molecule has 0 bridgehead atoms. The van der Waals surface area contributed by atoms with E-state index in [0.717, 1.165) is 17.7 Å². The van der Waals surface area contributed by atoms with Gasteiger partial charge in [0.2, 0.25) is 11.8 Å². The van der Waals surface area contributed by atoms with Gasteiger partial charge in [-0.1, -0.05) is 18.2 Å². The predicted molar refractivity (Wildman–Crippen MR) is 84.1 cm³/mol. The van der Waals surface area contributed by atoms with Crippen LogP contribution in [0.1, 0.15) is 37.7 Å². The average Bonchev–Trinajstić information content (AvgIpc) is 2.47. The third kappa shape index (κ3) is 3.21. The second-order valence-corrected chi connectivity index (χ2v) is 6.36. The van der Waals surface area contributed by atoms with Crippen LogP contribution in [0.4, 0.5) is 5.69 Å². The summed E-state index contributed by atoms with van der Waals surface area (Å²) in [5.74, 6) is -1.28. The van der Waals surface area contributed by atoms with Gasteiger partial charge in [-0.15, -0.1) is 0 Å². The van der Waals surface area contributed by atoms with E-state index in [1.807, 2.05) is 24.3 Å². The van der Waals surface area contributed by atoms with Crippen molar-refractivity contribution in [3.8, 4) is 0 Å². The zero-order chi connectivity index (χ0) is 16.4. The van der Waals surface area contributed by atoms with Crippen molar-refractivity contribution in [2.24, 2.45) is 0 Å². The molecule has 0 atom stereocenters. The molecule has 2 amide bonds. The summed E-state index contributed by atoms with van der Waals surface area (Å²) in [5, 5.41) is 11.9. The average molecular weight is 316 g/mol. The van der Waals surface area contributed by atoms with Crippen molar-refractivity contribution in [2.75, 3.05) is 11.4 Å². The molecule has 1 fully saturated rings. The Labute approximate surface area is 134 Å². The van der Waals surface area contributed by atoms with Crippen molar-refractivity contribution < 1.29 is 19.5 Å². The molecule has 0 aromatic heterocycles. The van der Waals surface area contributed by atoms with Gasteiger partial charge in [0.05, 0.1) is 12.0 Å². The fourth-order valence-corrected chi connectivity index (χ4v) is 3.39. The number of rotatable bonds is 5. The number of carbonyl (C=O) groups is 3. The molecule has 122 valence electrons. The van der Waals surface area contributed by atoms with Crippen molar-refractivity contribution in [2.45, 2.75) is 44.1 Å². The summed E-state index contributed by atoms with van der Waals surface area (Å²) in [7, 11) is 0. The van der Waals surface area contributed by atoms with Crippen molar-refractivity contribution >= 4 is 23.5 Å². The topological polar surface area (TPSA) is 86.7 Å². The Kier molecular flexibility index (Phi) is 4.07. The fourth-order valence-electron chi connectivity index (χ4n) is 3.39. The van der Waals surface area contributed by atoms with E-state index in [1.165, 1.54) is 4.90 Å². The molecule has 2 aliphatic rings. The highest BCUT2D eigenvalue weighted by atomic mass is 16.4. The van der Waals surface area contributed by atoms with Crippen LogP contribution in [-0.2, 0) is 20.8 Å². The highest BCUT2D eigenvalue weighted by Gasteiger charge is 2.40. The van der Waals surface area contributed by atoms with Gasteiger partial charge in [0.15, 0.2) is 0 Å². The maximum absolute atomic E-state index is 12.4. The maximum Gasteiger partial charge on any atom is 0.305 e. The van der Waals surface area contributed by atoms with Crippen LogP contribution in [0.2, 0.25) is 0 Å². The lowest BCUT2D eigenvalue weighted by atomic mass is 9.74. The predicted octanol–water partition coefficient (Wildman–Crippen LogP) is 1.48. The molecule has 1 saturated carbocycles. The fraction of sp³-hybridized carbons (Fsp3) is 0.471. The van der Waals surface area contributed by atoms with Gasteiger partial charge in [-0.2, -0.15) is 0 Å². The lowest BCUT2D eigenvalue weighted by Gasteiger charge is -2.42. The molecule has 0 radical (unpaired) electrons. The van der Waals surface area contributed by atoms with Crippen molar-refractivity contribution in [1.29, 1.82) is 0 Å². The molecule has 3 rings (SSSR count). The third-order valence-corrected chi connectivity index (χ3v) is 4.70. The van der Waals surface area contributed by atoms with Gasteiger partial charge in [-0.25, -0.2) is 0 Å². The number of aryl methyl sites for hydroxylation is 1. The number of benzene rings is 1. The number of hydrogen-bond donors (Lipinski definition) is 2. The Morgan fingerprint density at radius 2 is 1.96 bits per heavy atom. The van der Waals surface area contributed by atoms with Crippen molar-refractivity contribution in [1.82, 2.24) is 5.32 Å². The molecule has 0 saturated heterocycles. The zero-order valence-electron chi connectivity index (χ0n) is 12.9. The molecule has 1 aromatic carbocycles. The Balaban J connectivity index is 1.70. The number of nitrogens with zero attached hydrogens (tertiary/aromatic N) is 1. The molecule has 2 N–H and O–H groups in total. The first-order valence-electron chi connectivity index (χ1n) is 7.90. The van der Waals surface area contributed by atoms with Gasteiger partial charge in [-0.05, 0) is 37.3 Å². The van der Waals surface area contributed by atoms with Crippen LogP contribution in [0.3, 0.4) is 0 Å². The lowest BCUT2D eigenvalue weighted by Crippen LogP contribution is -2.57. The van der Waals surface area contributed by atoms with Crippen molar-refractivity contribution in [3.05, 3.63) is 29.8 Å². The summed E-state index contributed by atoms with van der Waals surface area (Å²) in [6.07, 6.45) is 3.29. The van der Waals surface area contributed by atoms with Crippen LogP contribution in [0.15, 0.2) is 24.3 Å². The van der Waals surface area contributed by atoms with Gasteiger partial charge < -0.3 is 15.3 Å². The minimum absolute atomic E-state index is 0.0583. The summed E-state index contributed by atoms with van der Waals surface area (Å²) in [5.41, 5.74) is 1.20. The number of hydrogen-bond acceptors (Lipinski definition) is 3. The van der Waals surface area contributed by atoms with Crippen LogP contribution >= 0.6 is 0 Å². The zero-order valence-corrected chi connectivity index (χ0v) is 12.9. The summed E-state index contributed by atoms with van der Waals surface area (Å²) < 4.78 is 0. The summed E-state index contributed by atoms with van der Waals surface area (Å²) in [6.45, 7) is -0.0583. The number of carboxylic acids is 1. The number of para-hydroxylation sites is 1. The maximum atomic E-state index is 12.4. The van der Waals surface area contributed by atoms with E-state index in [1.54, 1.807) is 0 Å². The minimum atomic E-state index is -0.913. The van der Waals surface area contributed by atoms with E-state index < -0.39 is 11.5 Å². The highest BCUT2D eigenvalue weighted by Crippen LogP contribution is 2.35. The largest absolute Gasteiger partial charge is 0.481 e. The first-order valence-corrected chi connectivity index (χ1v) is 7.90. The highest BCUT2D eigenvalue weighted by molar-refractivity contribution is 6.01. The Bertz CT molecular complexity index is 652. The standard InChI is InChI=1S/C17H20N2O4/c20-14(18-17(8-3-9-17)10-16(22)23)11-19-13-5-2-1-4-12(13)6-7-15(19)21/h1-2,4-5H,3,6-11H2,(H,18,20)(H,22,23). The monoisotopic (exact) mass is 316 g/mol. The first kappa shape index (κ1) is 15.5. The SMILES string of the molecule is O=C(O)CC1(NC(=O)CN2C(=O)CCc3ccccc32)CCC1. The first-order chi connectivity index (χ1) is 11.0. The van der Waals surface area contributed by atoms with Crippen LogP contribution in [0, 0.1) is 0 Å². The molecule has 6 nitrogen and oxygen atoms in total. The van der Waals surface area contributed by atoms with Gasteiger partial charge >= 0.3 is 5.97 Å². The Morgan fingerprint density at radius 1 is 1.22 bits per heavy atom. The summed E-state index contributed by atoms with van der Waals surface area (Å²) >= 11 is 0. The lowest BCUT2D eigenvalue weighted by molar-refractivity contribution is -0.140. The molecule has 1 aromatic rings. The third-order valence-electron chi connectivity index (χ3n) is 4.70. The molecular formula is C17H20N2O4. The quantitative estimate of drug-likeness (QED) is 0.861. The second-order valence-electron chi connectivity index (χ2n) is 6.36. The number of carbonyl (C=O) groups excluding carboxylic acids is 2. The van der Waals surface area contributed by atoms with Crippen LogP contribution < -0.4 is 10.2 Å². The number of fused-ring (bicyclic) bond motifs is 1. The number of nitrogens with one attached hydrogen (secondary N) is 1. The second kappa shape index (κ2) is 6.02. The van der Waals surface area contributed by atoms with Crippen LogP contribution in [0.5, 0.6) is 0 Å². The van der Waals surface area contributed by atoms with E-state index in [9.17, 15) is 14.4 Å². The molecule has 1 aliphatic carbocycles. The molecule has 23 heavy (non-hydrogen) atoms. The molecule has 1 heterocycles. The number of amides is 2. The van der Waals surface area contributed by atoms with E-state index in [2.05, 4.69) is 5.32 Å². The van der Waals surface area contributed by atoms with Crippen LogP contribution in [-0.4, -0.2) is 35.0 Å². The molecule has 6 heteroatoms. The Hall–Kier alpha value is -2.37. The van der Waals surface area contributed by atoms with Gasteiger partial charge in [-0.3, -0.25) is 14.4 Å². The molecular weight excluding hydrogens is 296 g/mol. The normalized spacial score (nSPS) is 18.8. The number of anilines is 1. The minimum Gasteiger partial charge on any atom is -0.481 e. The van der Waals surface area contributed by atoms with Gasteiger partial charge in [0, 0.05) is 12.1 Å². The number of carboxylic acid groups (broad SMARTS) is 1. The van der Waals surface area contributed by atoms with Gasteiger partial charge in [0.25, 0.3) is 0 Å². The molecule has 0 spiro atoms.